The lowest BCUT2D eigenvalue weighted by molar-refractivity contribution is -0.184. The van der Waals surface area contributed by atoms with Crippen LogP contribution in [-0.2, 0) is 5.41 Å². The van der Waals surface area contributed by atoms with Gasteiger partial charge >= 0.3 is 6.18 Å². The predicted octanol–water partition coefficient (Wildman–Crippen LogP) is 4.83. The quantitative estimate of drug-likeness (QED) is 0.861. The maximum atomic E-state index is 13.1. The summed E-state index contributed by atoms with van der Waals surface area (Å²) < 4.78 is 44.3. The molecule has 3 nitrogen and oxygen atoms in total. The van der Waals surface area contributed by atoms with Gasteiger partial charge in [-0.15, -0.1) is 0 Å². The highest BCUT2D eigenvalue weighted by molar-refractivity contribution is 5.41. The van der Waals surface area contributed by atoms with E-state index in [0.29, 0.717) is 18.7 Å². The number of aromatic nitrogens is 1. The summed E-state index contributed by atoms with van der Waals surface area (Å²) in [6.45, 7) is 0. The first-order valence-electron chi connectivity index (χ1n) is 8.22. The Bertz CT molecular complexity index is 703. The van der Waals surface area contributed by atoms with Gasteiger partial charge in [0.15, 0.2) is 0 Å². The van der Waals surface area contributed by atoms with Crippen LogP contribution in [0.25, 0.3) is 0 Å². The van der Waals surface area contributed by atoms with E-state index in [0.717, 1.165) is 11.1 Å². The number of rotatable bonds is 3. The number of hydrogen-bond donors (Lipinski definition) is 1. The summed E-state index contributed by atoms with van der Waals surface area (Å²) in [6, 6.07) is 10.3. The minimum Gasteiger partial charge on any atom is -0.508 e. The van der Waals surface area contributed by atoms with Gasteiger partial charge in [0.2, 0.25) is 5.88 Å². The first-order chi connectivity index (χ1) is 11.8. The molecule has 1 N–H and O–H groups in total. The summed E-state index contributed by atoms with van der Waals surface area (Å²) in [7, 11) is 1.52. The number of alkyl halides is 3. The Balaban J connectivity index is 1.99. The fraction of sp³-hybridized carbons (Fsp3) is 0.421. The van der Waals surface area contributed by atoms with Crippen LogP contribution in [0, 0.1) is 5.92 Å². The van der Waals surface area contributed by atoms with Crippen LogP contribution in [0.2, 0.25) is 0 Å². The molecule has 25 heavy (non-hydrogen) atoms. The average molecular weight is 351 g/mol. The molecule has 1 heterocycles. The Morgan fingerprint density at radius 3 is 2.12 bits per heavy atom. The van der Waals surface area contributed by atoms with Gasteiger partial charge in [0, 0.05) is 17.7 Å². The van der Waals surface area contributed by atoms with Crippen molar-refractivity contribution < 1.29 is 23.0 Å². The highest BCUT2D eigenvalue weighted by Gasteiger charge is 2.47. The molecule has 1 aromatic heterocycles. The molecule has 6 heteroatoms. The number of pyridine rings is 1. The number of ether oxygens (including phenoxy) is 1. The largest absolute Gasteiger partial charge is 0.508 e. The van der Waals surface area contributed by atoms with Gasteiger partial charge in [-0.2, -0.15) is 13.2 Å². The molecule has 134 valence electrons. The summed E-state index contributed by atoms with van der Waals surface area (Å²) >= 11 is 0. The fourth-order valence-corrected chi connectivity index (χ4v) is 3.75. The van der Waals surface area contributed by atoms with Crippen molar-refractivity contribution in [2.24, 2.45) is 5.92 Å². The number of halogens is 3. The van der Waals surface area contributed by atoms with Crippen LogP contribution in [0.5, 0.6) is 11.6 Å². The summed E-state index contributed by atoms with van der Waals surface area (Å²) in [5, 5.41) is 9.55. The van der Waals surface area contributed by atoms with E-state index in [1.165, 1.54) is 7.11 Å². The van der Waals surface area contributed by atoms with E-state index >= 15 is 0 Å². The number of aromatic hydroxyl groups is 1. The van der Waals surface area contributed by atoms with E-state index in [-0.39, 0.29) is 18.6 Å². The van der Waals surface area contributed by atoms with E-state index in [2.05, 4.69) is 4.98 Å². The van der Waals surface area contributed by atoms with Crippen molar-refractivity contribution in [3.63, 3.8) is 0 Å². The fourth-order valence-electron chi connectivity index (χ4n) is 3.75. The first kappa shape index (κ1) is 17.6. The SMILES string of the molecule is COc1ccc(C2(c3ccc(O)cc3)CCC(C(F)(F)F)CC2)cn1. The molecule has 1 fully saturated rings. The molecule has 0 unspecified atom stereocenters. The number of hydrogen-bond acceptors (Lipinski definition) is 3. The van der Waals surface area contributed by atoms with Crippen molar-refractivity contribution >= 4 is 0 Å². The summed E-state index contributed by atoms with van der Waals surface area (Å²) in [4.78, 5) is 4.23. The highest BCUT2D eigenvalue weighted by atomic mass is 19.4. The lowest BCUT2D eigenvalue weighted by atomic mass is 9.63. The van der Waals surface area contributed by atoms with Crippen LogP contribution in [-0.4, -0.2) is 23.4 Å². The third-order valence-electron chi connectivity index (χ3n) is 5.22. The van der Waals surface area contributed by atoms with Gasteiger partial charge in [0.05, 0.1) is 13.0 Å². The highest BCUT2D eigenvalue weighted by Crippen LogP contribution is 2.50. The van der Waals surface area contributed by atoms with Gasteiger partial charge in [0.1, 0.15) is 5.75 Å². The lowest BCUT2D eigenvalue weighted by Gasteiger charge is -2.41. The standard InChI is InChI=1S/C19H20F3NO2/c1-25-17-7-4-15(12-23-17)18(13-2-5-16(24)6-3-13)10-8-14(9-11-18)19(20,21)22/h2-7,12,14,24H,8-11H2,1H3. The molecule has 0 saturated heterocycles. The second-order valence-corrected chi connectivity index (χ2v) is 6.53. The Kier molecular flexibility index (Phi) is 4.62. The Hall–Kier alpha value is -2.24. The van der Waals surface area contributed by atoms with Gasteiger partial charge < -0.3 is 9.84 Å². The Morgan fingerprint density at radius 2 is 1.64 bits per heavy atom. The molecule has 0 amide bonds. The number of nitrogens with zero attached hydrogens (tertiary/aromatic N) is 1. The second kappa shape index (κ2) is 6.58. The van der Waals surface area contributed by atoms with E-state index < -0.39 is 17.5 Å². The summed E-state index contributed by atoms with van der Waals surface area (Å²) in [5.74, 6) is -0.659. The molecule has 0 atom stereocenters. The van der Waals surface area contributed by atoms with Crippen molar-refractivity contribution in [3.05, 3.63) is 53.7 Å². The van der Waals surface area contributed by atoms with Gasteiger partial charge in [0.25, 0.3) is 0 Å². The minimum atomic E-state index is -4.15. The van der Waals surface area contributed by atoms with Gasteiger partial charge in [-0.05, 0) is 48.9 Å². The Labute approximate surface area is 144 Å². The Morgan fingerprint density at radius 1 is 1.04 bits per heavy atom. The number of methoxy groups -OCH3 is 1. The molecule has 3 rings (SSSR count). The van der Waals surface area contributed by atoms with Crippen LogP contribution in [0.4, 0.5) is 13.2 Å². The molecule has 1 aromatic carbocycles. The normalized spacial score (nSPS) is 24.1. The smallest absolute Gasteiger partial charge is 0.391 e. The molecule has 1 aliphatic rings. The topological polar surface area (TPSA) is 42.4 Å². The lowest BCUT2D eigenvalue weighted by Crippen LogP contribution is -2.37. The van der Waals surface area contributed by atoms with E-state index in [4.69, 9.17) is 4.74 Å². The second-order valence-electron chi connectivity index (χ2n) is 6.53. The molecule has 0 radical (unpaired) electrons. The zero-order valence-electron chi connectivity index (χ0n) is 13.9. The molecule has 0 bridgehead atoms. The summed E-state index contributed by atoms with van der Waals surface area (Å²) in [5.41, 5.74) is 1.24. The minimum absolute atomic E-state index is 0.0798. The van der Waals surface area contributed by atoms with Crippen LogP contribution in [0.15, 0.2) is 42.6 Å². The van der Waals surface area contributed by atoms with Crippen molar-refractivity contribution in [3.8, 4) is 11.6 Å². The zero-order valence-corrected chi connectivity index (χ0v) is 13.9. The van der Waals surface area contributed by atoms with Crippen molar-refractivity contribution in [1.29, 1.82) is 0 Å². The van der Waals surface area contributed by atoms with Crippen LogP contribution < -0.4 is 4.74 Å². The molecule has 0 aliphatic heterocycles. The van der Waals surface area contributed by atoms with E-state index in [1.807, 2.05) is 6.07 Å². The van der Waals surface area contributed by atoms with Crippen LogP contribution in [0.1, 0.15) is 36.8 Å². The van der Waals surface area contributed by atoms with Crippen LogP contribution >= 0.6 is 0 Å². The number of phenolic OH excluding ortho intramolecular Hbond substituents is 1. The molecule has 1 aliphatic carbocycles. The monoisotopic (exact) mass is 351 g/mol. The maximum absolute atomic E-state index is 13.1. The molecule has 0 spiro atoms. The van der Waals surface area contributed by atoms with Crippen molar-refractivity contribution in [2.45, 2.75) is 37.3 Å². The van der Waals surface area contributed by atoms with Gasteiger partial charge in [-0.1, -0.05) is 18.2 Å². The van der Waals surface area contributed by atoms with Gasteiger partial charge in [-0.25, -0.2) is 4.98 Å². The molecular formula is C19H20F3NO2. The number of phenols is 1. The zero-order chi connectivity index (χ0) is 18.1. The molecule has 2 aromatic rings. The third-order valence-corrected chi connectivity index (χ3v) is 5.22. The molecular weight excluding hydrogens is 331 g/mol. The molecule has 1 saturated carbocycles. The number of benzene rings is 1. The third kappa shape index (κ3) is 3.43. The van der Waals surface area contributed by atoms with Crippen molar-refractivity contribution in [1.82, 2.24) is 4.98 Å². The predicted molar refractivity (Wildman–Crippen MR) is 87.7 cm³/mol. The maximum Gasteiger partial charge on any atom is 0.391 e. The first-order valence-corrected chi connectivity index (χ1v) is 8.22. The van der Waals surface area contributed by atoms with Crippen molar-refractivity contribution in [2.75, 3.05) is 7.11 Å². The van der Waals surface area contributed by atoms with E-state index in [1.54, 1.807) is 36.5 Å². The van der Waals surface area contributed by atoms with Crippen LogP contribution in [0.3, 0.4) is 0 Å². The average Bonchev–Trinajstić information content (AvgIpc) is 2.61. The van der Waals surface area contributed by atoms with Gasteiger partial charge in [-0.3, -0.25) is 0 Å². The van der Waals surface area contributed by atoms with E-state index in [9.17, 15) is 18.3 Å². The summed E-state index contributed by atoms with van der Waals surface area (Å²) in [6.07, 6.45) is -1.54.